The summed E-state index contributed by atoms with van der Waals surface area (Å²) in [6.07, 6.45) is 6.36. The summed E-state index contributed by atoms with van der Waals surface area (Å²) in [5.74, 6) is 0.714. The fourth-order valence-corrected chi connectivity index (χ4v) is 8.04. The van der Waals surface area contributed by atoms with Gasteiger partial charge in [0.1, 0.15) is 18.5 Å². The molecule has 29 heavy (non-hydrogen) atoms. The van der Waals surface area contributed by atoms with Gasteiger partial charge in [-0.15, -0.1) is 0 Å². The Morgan fingerprint density at radius 2 is 1.90 bits per heavy atom. The second kappa shape index (κ2) is 7.28. The molecular weight excluding hydrogens is 384 g/mol. The van der Waals surface area contributed by atoms with Gasteiger partial charge in [0.25, 0.3) is 0 Å². The number of rotatable bonds is 5. The van der Waals surface area contributed by atoms with Crippen LogP contribution in [-0.4, -0.2) is 57.3 Å². The molecule has 0 aromatic heterocycles. The van der Waals surface area contributed by atoms with E-state index in [-0.39, 0.29) is 47.6 Å². The highest BCUT2D eigenvalue weighted by molar-refractivity contribution is 6.74. The lowest BCUT2D eigenvalue weighted by atomic mass is 9.65. The number of epoxide rings is 1. The van der Waals surface area contributed by atoms with Gasteiger partial charge in [-0.2, -0.15) is 0 Å². The van der Waals surface area contributed by atoms with Crippen LogP contribution in [0.5, 0.6) is 0 Å². The van der Waals surface area contributed by atoms with E-state index in [1.54, 1.807) is 7.11 Å². The molecule has 1 N–H and O–H groups in total. The second-order valence-electron chi connectivity index (χ2n) is 11.8. The average molecular weight is 427 g/mol. The van der Waals surface area contributed by atoms with Gasteiger partial charge in [-0.25, -0.2) is 0 Å². The maximum atomic E-state index is 12.5. The highest BCUT2D eigenvalue weighted by atomic mass is 28.4. The van der Waals surface area contributed by atoms with E-state index in [1.165, 1.54) is 12.8 Å². The summed E-state index contributed by atoms with van der Waals surface area (Å²) >= 11 is 0. The van der Waals surface area contributed by atoms with E-state index >= 15 is 0 Å². The molecule has 1 saturated heterocycles. The van der Waals surface area contributed by atoms with Crippen LogP contribution < -0.4 is 0 Å². The highest BCUT2D eigenvalue weighted by Gasteiger charge is 2.77. The van der Waals surface area contributed by atoms with E-state index in [9.17, 15) is 5.11 Å². The Labute approximate surface area is 177 Å². The molecule has 4 fully saturated rings. The predicted octanol–water partition coefficient (Wildman–Crippen LogP) is 4.48. The smallest absolute Gasteiger partial charge is 0.192 e. The Kier molecular flexibility index (Phi) is 5.57. The lowest BCUT2D eigenvalue weighted by Crippen LogP contribution is -2.63. The first-order valence-corrected chi connectivity index (χ1v) is 14.5. The van der Waals surface area contributed by atoms with Gasteiger partial charge in [-0.1, -0.05) is 40.5 Å². The van der Waals surface area contributed by atoms with Gasteiger partial charge in [0.2, 0.25) is 0 Å². The first kappa shape index (κ1) is 22.2. The topological polar surface area (TPSA) is 60.5 Å². The maximum Gasteiger partial charge on any atom is 0.192 e. The summed E-state index contributed by atoms with van der Waals surface area (Å²) < 4.78 is 24.8. The molecule has 6 heteroatoms. The summed E-state index contributed by atoms with van der Waals surface area (Å²) in [7, 11) is -0.348. The Morgan fingerprint density at radius 3 is 2.55 bits per heavy atom. The van der Waals surface area contributed by atoms with Gasteiger partial charge >= 0.3 is 0 Å². The molecule has 0 radical (unpaired) electrons. The Morgan fingerprint density at radius 1 is 1.17 bits per heavy atom. The van der Waals surface area contributed by atoms with Crippen LogP contribution in [-0.2, 0) is 18.6 Å². The zero-order valence-corrected chi connectivity index (χ0v) is 20.5. The lowest BCUT2D eigenvalue weighted by molar-refractivity contribution is -0.212. The maximum absolute atomic E-state index is 12.5. The molecule has 0 unspecified atom stereocenters. The summed E-state index contributed by atoms with van der Waals surface area (Å²) in [6, 6.07) is 0. The van der Waals surface area contributed by atoms with Crippen LogP contribution in [0.2, 0.25) is 18.1 Å². The fraction of sp³-hybridized carbons (Fsp3) is 1.00. The zero-order chi connectivity index (χ0) is 21.2. The molecule has 0 aromatic carbocycles. The van der Waals surface area contributed by atoms with Crippen LogP contribution in [0.15, 0.2) is 0 Å². The summed E-state index contributed by atoms with van der Waals surface area (Å²) in [6.45, 7) is 14.1. The number of ether oxygens (including phenoxy) is 3. The number of hydrogen-bond acceptors (Lipinski definition) is 5. The first-order chi connectivity index (χ1) is 13.5. The van der Waals surface area contributed by atoms with E-state index in [0.717, 1.165) is 25.7 Å². The van der Waals surface area contributed by atoms with Gasteiger partial charge in [-0.05, 0) is 55.7 Å². The third-order valence-corrected chi connectivity index (χ3v) is 13.5. The van der Waals surface area contributed by atoms with Crippen molar-refractivity contribution >= 4 is 8.32 Å². The molecule has 5 nitrogen and oxygen atoms in total. The third-order valence-electron chi connectivity index (χ3n) is 9.00. The zero-order valence-electron chi connectivity index (χ0n) is 19.5. The summed E-state index contributed by atoms with van der Waals surface area (Å²) in [4.78, 5) is 0. The van der Waals surface area contributed by atoms with Crippen molar-refractivity contribution in [2.75, 3.05) is 13.9 Å². The van der Waals surface area contributed by atoms with Gasteiger partial charge in [0.15, 0.2) is 8.32 Å². The van der Waals surface area contributed by atoms with Crippen molar-refractivity contribution in [3.63, 3.8) is 0 Å². The molecule has 3 saturated carbocycles. The fourth-order valence-electron chi connectivity index (χ4n) is 6.63. The molecule has 1 aliphatic heterocycles. The number of hydrogen-bond donors (Lipinski definition) is 1. The summed E-state index contributed by atoms with van der Waals surface area (Å²) in [5.41, 5.74) is -1.29. The van der Waals surface area contributed by atoms with Gasteiger partial charge < -0.3 is 23.7 Å². The normalized spacial score (nSPS) is 47.2. The van der Waals surface area contributed by atoms with Crippen molar-refractivity contribution in [2.24, 2.45) is 17.3 Å². The van der Waals surface area contributed by atoms with Crippen LogP contribution in [0.25, 0.3) is 0 Å². The van der Waals surface area contributed by atoms with E-state index < -0.39 is 13.9 Å². The molecular formula is C23H42O5Si. The van der Waals surface area contributed by atoms with Gasteiger partial charge in [0, 0.05) is 12.5 Å². The predicted molar refractivity (Wildman–Crippen MR) is 115 cm³/mol. The van der Waals surface area contributed by atoms with Gasteiger partial charge in [0.05, 0.1) is 18.3 Å². The molecule has 8 atom stereocenters. The monoisotopic (exact) mass is 426 g/mol. The lowest BCUT2D eigenvalue weighted by Gasteiger charge is -2.52. The van der Waals surface area contributed by atoms with Crippen LogP contribution in [0.4, 0.5) is 0 Å². The van der Waals surface area contributed by atoms with E-state index in [1.807, 2.05) is 0 Å². The minimum Gasteiger partial charge on any atom is -0.413 e. The first-order valence-electron chi connectivity index (χ1n) is 11.6. The van der Waals surface area contributed by atoms with Crippen molar-refractivity contribution in [3.05, 3.63) is 0 Å². The van der Waals surface area contributed by atoms with E-state index in [0.29, 0.717) is 5.92 Å². The van der Waals surface area contributed by atoms with Crippen LogP contribution in [0.1, 0.15) is 66.2 Å². The van der Waals surface area contributed by atoms with Crippen LogP contribution >= 0.6 is 0 Å². The average Bonchev–Trinajstić information content (AvgIpc) is 3.38. The minimum absolute atomic E-state index is 0.0888. The van der Waals surface area contributed by atoms with Crippen LogP contribution in [0.3, 0.4) is 0 Å². The molecule has 168 valence electrons. The van der Waals surface area contributed by atoms with Crippen molar-refractivity contribution in [2.45, 2.75) is 114 Å². The third kappa shape index (κ3) is 3.28. The summed E-state index contributed by atoms with van der Waals surface area (Å²) in [5, 5.41) is 12.6. The molecule has 0 amide bonds. The molecule has 4 rings (SSSR count). The second-order valence-corrected chi connectivity index (χ2v) is 16.5. The molecule has 4 aliphatic rings. The molecule has 0 aromatic rings. The van der Waals surface area contributed by atoms with Gasteiger partial charge in [-0.3, -0.25) is 0 Å². The Hall–Kier alpha value is 0.0169. The van der Waals surface area contributed by atoms with Crippen molar-refractivity contribution < 1.29 is 23.7 Å². The van der Waals surface area contributed by atoms with Crippen molar-refractivity contribution in [1.29, 1.82) is 0 Å². The Balaban J connectivity index is 1.79. The molecule has 1 spiro atoms. The number of methoxy groups -OCH3 is 1. The highest BCUT2D eigenvalue weighted by Crippen LogP contribution is 2.67. The quantitative estimate of drug-likeness (QED) is 0.399. The SMILES string of the molecule is COCO[C@H]1[C@H](C)C[C@@]23CCCC[C@@H](C[C@H]4O[C@H]4[C@]12O)[C@H]3O[Si](C)(C)C(C)(C)C. The molecule has 2 bridgehead atoms. The Bertz CT molecular complexity index is 619. The standard InChI is InChI=1S/C23H42O5Si/c1-15-13-22-11-9-8-10-16(19(22)28-29(6,7)21(2,3)4)12-17-20(27-17)23(22,24)18(15)26-14-25-5/h15-20,24H,8-14H2,1-7H3/t15-,16+,17-,18+,19-,20-,22-,23-/m1/s1. The van der Waals surface area contributed by atoms with Crippen molar-refractivity contribution in [3.8, 4) is 0 Å². The number of fused-ring (bicyclic) bond motifs is 3. The molecule has 3 aliphatic carbocycles. The number of aliphatic hydroxyl groups is 1. The van der Waals surface area contributed by atoms with E-state index in [2.05, 4.69) is 40.8 Å². The van der Waals surface area contributed by atoms with E-state index in [4.69, 9.17) is 18.6 Å². The minimum atomic E-state index is -2.00. The van der Waals surface area contributed by atoms with Crippen molar-refractivity contribution in [1.82, 2.24) is 0 Å². The molecule has 1 heterocycles. The largest absolute Gasteiger partial charge is 0.413 e. The van der Waals surface area contributed by atoms with Crippen LogP contribution in [0, 0.1) is 17.3 Å².